The number of alkyl halides is 3. The molecule has 0 spiro atoms. The Morgan fingerprint density at radius 2 is 1.77 bits per heavy atom. The second kappa shape index (κ2) is 10.6. The van der Waals surface area contributed by atoms with Crippen molar-refractivity contribution in [2.45, 2.75) is 19.0 Å². The average molecular weight is 427 g/mol. The molecule has 0 saturated carbocycles. The number of pyridine rings is 1. The van der Waals surface area contributed by atoms with Crippen LogP contribution in [-0.4, -0.2) is 45.3 Å². The van der Waals surface area contributed by atoms with E-state index >= 15 is 0 Å². The van der Waals surface area contributed by atoms with Crippen LogP contribution in [0.4, 0.5) is 19.0 Å². The van der Waals surface area contributed by atoms with Crippen LogP contribution in [0, 0.1) is 0 Å². The predicted molar refractivity (Wildman–Crippen MR) is 105 cm³/mol. The Bertz CT molecular complexity index is 860. The summed E-state index contributed by atoms with van der Waals surface area (Å²) in [5.41, 5.74) is -0.0800. The summed E-state index contributed by atoms with van der Waals surface area (Å²) in [5, 5.41) is 5.26. The molecule has 7 nitrogen and oxygen atoms in total. The molecule has 2 rings (SSSR count). The number of aryl methyl sites for hydroxylation is 1. The van der Waals surface area contributed by atoms with Gasteiger partial charge in [-0.15, -0.1) is 0 Å². The van der Waals surface area contributed by atoms with Gasteiger partial charge in [0.25, 0.3) is 0 Å². The summed E-state index contributed by atoms with van der Waals surface area (Å²) < 4.78 is 54.7. The summed E-state index contributed by atoms with van der Waals surface area (Å²) in [5.74, 6) is 0.931. The number of rotatable bonds is 10. The van der Waals surface area contributed by atoms with Crippen LogP contribution in [0.5, 0.6) is 17.2 Å². The number of carbonyl (C=O) groups is 1. The van der Waals surface area contributed by atoms with Gasteiger partial charge < -0.3 is 24.8 Å². The number of hydrogen-bond acceptors (Lipinski definition) is 6. The van der Waals surface area contributed by atoms with Gasteiger partial charge in [0.2, 0.25) is 11.7 Å². The molecule has 0 unspecified atom stereocenters. The van der Waals surface area contributed by atoms with Crippen LogP contribution in [-0.2, 0) is 17.4 Å². The van der Waals surface area contributed by atoms with Crippen molar-refractivity contribution in [2.75, 3.05) is 39.7 Å². The maximum atomic E-state index is 12.9. The molecule has 1 heterocycles. The standard InChI is InChI=1S/C20H24F3N3O4/c1-28-15-8-6-13(17(29-2)18(15)30-3)7-9-16(27)24-11-12-26-19-14(20(21,22)23)5-4-10-25-19/h4-6,8,10H,7,9,11-12H2,1-3H3,(H,24,27)(H,25,26). The molecule has 164 valence electrons. The minimum Gasteiger partial charge on any atom is -0.493 e. The third kappa shape index (κ3) is 5.91. The Labute approximate surface area is 172 Å². The SMILES string of the molecule is COc1ccc(CCC(=O)NCCNc2ncccc2C(F)(F)F)c(OC)c1OC. The molecular weight excluding hydrogens is 403 g/mol. The van der Waals surface area contributed by atoms with Crippen molar-refractivity contribution in [1.82, 2.24) is 10.3 Å². The summed E-state index contributed by atoms with van der Waals surface area (Å²) in [6.07, 6.45) is -2.67. The van der Waals surface area contributed by atoms with E-state index in [1.807, 2.05) is 0 Å². The van der Waals surface area contributed by atoms with Crippen molar-refractivity contribution < 1.29 is 32.2 Å². The van der Waals surface area contributed by atoms with Crippen LogP contribution >= 0.6 is 0 Å². The monoisotopic (exact) mass is 427 g/mol. The normalized spacial score (nSPS) is 11.0. The Balaban J connectivity index is 1.86. The average Bonchev–Trinajstić information content (AvgIpc) is 2.73. The first-order valence-electron chi connectivity index (χ1n) is 9.12. The Morgan fingerprint density at radius 1 is 1.03 bits per heavy atom. The highest BCUT2D eigenvalue weighted by Crippen LogP contribution is 2.40. The van der Waals surface area contributed by atoms with Crippen LogP contribution in [0.3, 0.4) is 0 Å². The highest BCUT2D eigenvalue weighted by Gasteiger charge is 2.33. The number of methoxy groups -OCH3 is 3. The van der Waals surface area contributed by atoms with E-state index in [9.17, 15) is 18.0 Å². The fraction of sp³-hybridized carbons (Fsp3) is 0.400. The van der Waals surface area contributed by atoms with Crippen molar-refractivity contribution in [3.05, 3.63) is 41.6 Å². The summed E-state index contributed by atoms with van der Waals surface area (Å²) >= 11 is 0. The highest BCUT2D eigenvalue weighted by atomic mass is 19.4. The Morgan fingerprint density at radius 3 is 2.40 bits per heavy atom. The number of anilines is 1. The highest BCUT2D eigenvalue weighted by molar-refractivity contribution is 5.76. The zero-order valence-corrected chi connectivity index (χ0v) is 16.9. The number of benzene rings is 1. The van der Waals surface area contributed by atoms with Crippen molar-refractivity contribution in [3.63, 3.8) is 0 Å². The molecule has 0 fully saturated rings. The van der Waals surface area contributed by atoms with Gasteiger partial charge in [-0.05, 0) is 30.2 Å². The fourth-order valence-electron chi connectivity index (χ4n) is 2.85. The Kier molecular flexibility index (Phi) is 8.14. The summed E-state index contributed by atoms with van der Waals surface area (Å²) in [4.78, 5) is 15.8. The van der Waals surface area contributed by atoms with Gasteiger partial charge >= 0.3 is 6.18 Å². The topological polar surface area (TPSA) is 81.7 Å². The molecule has 0 bridgehead atoms. The minimum atomic E-state index is -4.50. The van der Waals surface area contributed by atoms with Crippen LogP contribution in [0.15, 0.2) is 30.5 Å². The first-order valence-corrected chi connectivity index (χ1v) is 9.12. The van der Waals surface area contributed by atoms with E-state index in [2.05, 4.69) is 15.6 Å². The zero-order valence-electron chi connectivity index (χ0n) is 16.9. The second-order valence-electron chi connectivity index (χ2n) is 6.17. The molecular formula is C20H24F3N3O4. The molecule has 1 aromatic carbocycles. The molecule has 1 amide bonds. The van der Waals surface area contributed by atoms with Gasteiger partial charge in [0, 0.05) is 25.7 Å². The van der Waals surface area contributed by atoms with E-state index < -0.39 is 11.7 Å². The molecule has 2 N–H and O–H groups in total. The molecule has 0 radical (unpaired) electrons. The van der Waals surface area contributed by atoms with Crippen molar-refractivity contribution in [3.8, 4) is 17.2 Å². The minimum absolute atomic E-state index is 0.103. The third-order valence-electron chi connectivity index (χ3n) is 4.26. The largest absolute Gasteiger partial charge is 0.493 e. The maximum Gasteiger partial charge on any atom is 0.419 e. The first-order chi connectivity index (χ1) is 14.3. The van der Waals surface area contributed by atoms with Gasteiger partial charge in [0.15, 0.2) is 11.5 Å². The molecule has 0 atom stereocenters. The van der Waals surface area contributed by atoms with Crippen LogP contribution in [0.25, 0.3) is 0 Å². The molecule has 0 aliphatic heterocycles. The molecule has 0 aliphatic rings. The van der Waals surface area contributed by atoms with Gasteiger partial charge in [-0.3, -0.25) is 4.79 Å². The second-order valence-corrected chi connectivity index (χ2v) is 6.17. The van der Waals surface area contributed by atoms with Crippen molar-refractivity contribution in [2.24, 2.45) is 0 Å². The van der Waals surface area contributed by atoms with E-state index in [0.717, 1.165) is 11.6 Å². The zero-order chi connectivity index (χ0) is 22.1. The third-order valence-corrected chi connectivity index (χ3v) is 4.26. The van der Waals surface area contributed by atoms with Gasteiger partial charge in [-0.25, -0.2) is 4.98 Å². The number of ether oxygens (including phenoxy) is 3. The smallest absolute Gasteiger partial charge is 0.419 e. The van der Waals surface area contributed by atoms with E-state index in [1.54, 1.807) is 12.1 Å². The quantitative estimate of drug-likeness (QED) is 0.567. The number of amides is 1. The molecule has 1 aromatic heterocycles. The number of nitrogens with one attached hydrogen (secondary N) is 2. The fourth-order valence-corrected chi connectivity index (χ4v) is 2.85. The lowest BCUT2D eigenvalue weighted by Crippen LogP contribution is -2.29. The summed E-state index contributed by atoms with van der Waals surface area (Å²) in [6.45, 7) is 0.251. The number of halogens is 3. The number of hydrogen-bond donors (Lipinski definition) is 2. The van der Waals surface area contributed by atoms with Crippen molar-refractivity contribution in [1.29, 1.82) is 0 Å². The molecule has 10 heteroatoms. The molecule has 2 aromatic rings. The lowest BCUT2D eigenvalue weighted by molar-refractivity contribution is -0.137. The molecule has 0 aliphatic carbocycles. The van der Waals surface area contributed by atoms with Crippen LogP contribution < -0.4 is 24.8 Å². The van der Waals surface area contributed by atoms with Crippen molar-refractivity contribution >= 4 is 11.7 Å². The first kappa shape index (κ1) is 23.1. The number of nitrogens with zero attached hydrogens (tertiary/aromatic N) is 1. The maximum absolute atomic E-state index is 12.9. The Hall–Kier alpha value is -3.17. The van der Waals surface area contributed by atoms with E-state index in [-0.39, 0.29) is 31.2 Å². The van der Waals surface area contributed by atoms with E-state index in [1.165, 1.54) is 33.6 Å². The van der Waals surface area contributed by atoms with Gasteiger partial charge in [-0.1, -0.05) is 6.07 Å². The number of aromatic nitrogens is 1. The molecule has 30 heavy (non-hydrogen) atoms. The van der Waals surface area contributed by atoms with Gasteiger partial charge in [0.1, 0.15) is 5.82 Å². The van der Waals surface area contributed by atoms with Gasteiger partial charge in [-0.2, -0.15) is 13.2 Å². The molecule has 0 saturated heterocycles. The van der Waals surface area contributed by atoms with Crippen LogP contribution in [0.1, 0.15) is 17.5 Å². The summed E-state index contributed by atoms with van der Waals surface area (Å²) in [7, 11) is 4.51. The lowest BCUT2D eigenvalue weighted by Gasteiger charge is -2.16. The van der Waals surface area contributed by atoms with Gasteiger partial charge in [0.05, 0.1) is 26.9 Å². The van der Waals surface area contributed by atoms with Crippen LogP contribution in [0.2, 0.25) is 0 Å². The summed E-state index contributed by atoms with van der Waals surface area (Å²) in [6, 6.07) is 5.68. The predicted octanol–water partition coefficient (Wildman–Crippen LogP) is 3.29. The lowest BCUT2D eigenvalue weighted by atomic mass is 10.1. The number of carbonyl (C=O) groups excluding carboxylic acids is 1. The van der Waals surface area contributed by atoms with E-state index in [4.69, 9.17) is 14.2 Å². The van der Waals surface area contributed by atoms with E-state index in [0.29, 0.717) is 23.7 Å².